The summed E-state index contributed by atoms with van der Waals surface area (Å²) in [4.78, 5) is 11.8. The molecule has 0 aliphatic rings. The zero-order valence-electron chi connectivity index (χ0n) is 11.9. The zero-order valence-corrected chi connectivity index (χ0v) is 11.9. The van der Waals surface area contributed by atoms with E-state index in [1.165, 1.54) is 0 Å². The summed E-state index contributed by atoms with van der Waals surface area (Å²) in [6, 6.07) is 4.99. The van der Waals surface area contributed by atoms with Gasteiger partial charge in [-0.15, -0.1) is 0 Å². The van der Waals surface area contributed by atoms with E-state index in [1.807, 2.05) is 0 Å². The fraction of sp³-hybridized carbons (Fsp3) is 0.533. The highest BCUT2D eigenvalue weighted by molar-refractivity contribution is 5.93. The molecule has 0 amide bonds. The molecule has 0 bridgehead atoms. The van der Waals surface area contributed by atoms with Crippen molar-refractivity contribution in [1.29, 1.82) is 0 Å². The lowest BCUT2D eigenvalue weighted by atomic mass is 10.1. The number of carbonyl (C=O) groups is 1. The molecule has 4 heteroatoms. The second kappa shape index (κ2) is 7.67. The Labute approximate surface area is 114 Å². The molecule has 106 valence electrons. The van der Waals surface area contributed by atoms with Gasteiger partial charge in [-0.2, -0.15) is 0 Å². The molecule has 0 aliphatic carbocycles. The number of hydrogen-bond acceptors (Lipinski definition) is 4. The van der Waals surface area contributed by atoms with Crippen LogP contribution in [0.3, 0.4) is 0 Å². The minimum atomic E-state index is -0.374. The monoisotopic (exact) mass is 265 g/mol. The van der Waals surface area contributed by atoms with Crippen molar-refractivity contribution in [3.05, 3.63) is 23.8 Å². The fourth-order valence-electron chi connectivity index (χ4n) is 1.71. The Morgan fingerprint density at radius 3 is 2.74 bits per heavy atom. The van der Waals surface area contributed by atoms with Crippen molar-refractivity contribution in [1.82, 2.24) is 0 Å². The molecule has 2 N–H and O–H groups in total. The minimum Gasteiger partial charge on any atom is -0.493 e. The second-order valence-corrected chi connectivity index (χ2v) is 4.86. The number of nitrogens with two attached hydrogens (primary N) is 1. The number of benzene rings is 1. The van der Waals surface area contributed by atoms with E-state index in [-0.39, 0.29) is 5.97 Å². The van der Waals surface area contributed by atoms with Gasteiger partial charge in [0.05, 0.1) is 13.2 Å². The van der Waals surface area contributed by atoms with Crippen LogP contribution in [0.1, 0.15) is 44.0 Å². The maximum absolute atomic E-state index is 11.8. The maximum atomic E-state index is 11.8. The van der Waals surface area contributed by atoms with Gasteiger partial charge in [0.25, 0.3) is 0 Å². The topological polar surface area (TPSA) is 61.5 Å². The van der Waals surface area contributed by atoms with E-state index in [4.69, 9.17) is 15.2 Å². The summed E-state index contributed by atoms with van der Waals surface area (Å²) in [5.41, 5.74) is 6.73. The summed E-state index contributed by atoms with van der Waals surface area (Å²) in [5.74, 6) is 0.775. The highest BCUT2D eigenvalue weighted by Crippen LogP contribution is 2.23. The Kier molecular flexibility index (Phi) is 6.19. The predicted molar refractivity (Wildman–Crippen MR) is 76.4 cm³/mol. The van der Waals surface area contributed by atoms with Crippen LogP contribution in [0, 0.1) is 5.92 Å². The Hall–Kier alpha value is -1.71. The first-order valence-corrected chi connectivity index (χ1v) is 6.74. The number of ether oxygens (including phenoxy) is 2. The Balaban J connectivity index is 2.68. The van der Waals surface area contributed by atoms with Crippen molar-refractivity contribution in [3.63, 3.8) is 0 Å². The van der Waals surface area contributed by atoms with Crippen LogP contribution in [0.4, 0.5) is 5.69 Å². The van der Waals surface area contributed by atoms with Crippen LogP contribution in [0.2, 0.25) is 0 Å². The largest absolute Gasteiger partial charge is 0.493 e. The van der Waals surface area contributed by atoms with E-state index >= 15 is 0 Å². The van der Waals surface area contributed by atoms with Gasteiger partial charge in [-0.1, -0.05) is 13.8 Å². The fourth-order valence-corrected chi connectivity index (χ4v) is 1.71. The third kappa shape index (κ3) is 5.20. The van der Waals surface area contributed by atoms with Gasteiger partial charge in [-0.25, -0.2) is 4.79 Å². The van der Waals surface area contributed by atoms with Crippen molar-refractivity contribution in [2.24, 2.45) is 5.92 Å². The van der Waals surface area contributed by atoms with Gasteiger partial charge in [0, 0.05) is 11.8 Å². The van der Waals surface area contributed by atoms with Gasteiger partial charge >= 0.3 is 5.97 Å². The number of anilines is 1. The van der Waals surface area contributed by atoms with Crippen molar-refractivity contribution in [2.45, 2.75) is 33.6 Å². The number of nitrogen functional groups attached to an aromatic ring is 1. The maximum Gasteiger partial charge on any atom is 0.341 e. The molecular weight excluding hydrogens is 242 g/mol. The second-order valence-electron chi connectivity index (χ2n) is 4.86. The highest BCUT2D eigenvalue weighted by atomic mass is 16.5. The van der Waals surface area contributed by atoms with Crippen LogP contribution in [0.5, 0.6) is 5.75 Å². The van der Waals surface area contributed by atoms with Gasteiger partial charge in [0.15, 0.2) is 0 Å². The van der Waals surface area contributed by atoms with Gasteiger partial charge in [0.2, 0.25) is 0 Å². The van der Waals surface area contributed by atoms with Gasteiger partial charge < -0.3 is 15.2 Å². The minimum absolute atomic E-state index is 0.343. The molecule has 4 nitrogen and oxygen atoms in total. The smallest absolute Gasteiger partial charge is 0.341 e. The lowest BCUT2D eigenvalue weighted by molar-refractivity contribution is 0.0521. The van der Waals surface area contributed by atoms with Gasteiger partial charge in [0.1, 0.15) is 11.3 Å². The van der Waals surface area contributed by atoms with Crippen molar-refractivity contribution < 1.29 is 14.3 Å². The Bertz CT molecular complexity index is 416. The average Bonchev–Trinajstić information content (AvgIpc) is 2.34. The van der Waals surface area contributed by atoms with Crippen LogP contribution >= 0.6 is 0 Å². The Morgan fingerprint density at radius 2 is 2.11 bits per heavy atom. The quantitative estimate of drug-likeness (QED) is 0.467. The van der Waals surface area contributed by atoms with Crippen LogP contribution in [0.25, 0.3) is 0 Å². The number of esters is 1. The third-order valence-corrected chi connectivity index (χ3v) is 2.68. The average molecular weight is 265 g/mol. The van der Waals surface area contributed by atoms with Gasteiger partial charge in [-0.3, -0.25) is 0 Å². The van der Waals surface area contributed by atoms with Crippen molar-refractivity contribution >= 4 is 11.7 Å². The summed E-state index contributed by atoms with van der Waals surface area (Å²) < 4.78 is 10.6. The van der Waals surface area contributed by atoms with E-state index in [2.05, 4.69) is 13.8 Å². The summed E-state index contributed by atoms with van der Waals surface area (Å²) in [6.07, 6.45) is 2.05. The molecule has 0 heterocycles. The first kappa shape index (κ1) is 15.3. The number of carbonyl (C=O) groups excluding carboxylic acids is 1. The van der Waals surface area contributed by atoms with E-state index in [0.717, 1.165) is 12.8 Å². The number of hydrogen-bond donors (Lipinski definition) is 1. The van der Waals surface area contributed by atoms with Crippen LogP contribution in [-0.2, 0) is 4.74 Å². The number of rotatable bonds is 7. The molecule has 1 aromatic carbocycles. The summed E-state index contributed by atoms with van der Waals surface area (Å²) in [7, 11) is 0. The molecule has 0 unspecified atom stereocenters. The SMILES string of the molecule is CCOC(=O)c1ccc(N)cc1OCCCC(C)C. The molecule has 0 aromatic heterocycles. The summed E-state index contributed by atoms with van der Waals surface area (Å²) >= 11 is 0. The normalized spacial score (nSPS) is 10.5. The van der Waals surface area contributed by atoms with E-state index in [1.54, 1.807) is 25.1 Å². The third-order valence-electron chi connectivity index (χ3n) is 2.68. The van der Waals surface area contributed by atoms with E-state index in [9.17, 15) is 4.79 Å². The standard InChI is InChI=1S/C15H23NO3/c1-4-18-15(17)13-8-7-12(16)10-14(13)19-9-5-6-11(2)3/h7-8,10-11H,4-6,9,16H2,1-3H3. The molecule has 0 aliphatic heterocycles. The van der Waals surface area contributed by atoms with Crippen LogP contribution < -0.4 is 10.5 Å². The van der Waals surface area contributed by atoms with Crippen molar-refractivity contribution in [3.8, 4) is 5.75 Å². The molecule has 0 saturated heterocycles. The molecular formula is C15H23NO3. The lowest BCUT2D eigenvalue weighted by Gasteiger charge is -2.12. The molecule has 1 aromatic rings. The van der Waals surface area contributed by atoms with Gasteiger partial charge in [-0.05, 0) is 37.8 Å². The zero-order chi connectivity index (χ0) is 14.3. The molecule has 0 fully saturated rings. The molecule has 0 atom stereocenters. The first-order chi connectivity index (χ1) is 9.04. The molecule has 1 rings (SSSR count). The molecule has 19 heavy (non-hydrogen) atoms. The Morgan fingerprint density at radius 1 is 1.37 bits per heavy atom. The molecule has 0 spiro atoms. The van der Waals surface area contributed by atoms with E-state index in [0.29, 0.717) is 36.1 Å². The van der Waals surface area contributed by atoms with Crippen LogP contribution in [0.15, 0.2) is 18.2 Å². The molecule has 0 saturated carbocycles. The lowest BCUT2D eigenvalue weighted by Crippen LogP contribution is -2.09. The van der Waals surface area contributed by atoms with Crippen LogP contribution in [-0.4, -0.2) is 19.2 Å². The summed E-state index contributed by atoms with van der Waals surface area (Å²) in [5, 5.41) is 0. The summed E-state index contributed by atoms with van der Waals surface area (Å²) in [6.45, 7) is 7.04. The first-order valence-electron chi connectivity index (χ1n) is 6.74. The highest BCUT2D eigenvalue weighted by Gasteiger charge is 2.14. The van der Waals surface area contributed by atoms with E-state index < -0.39 is 0 Å². The molecule has 0 radical (unpaired) electrons. The predicted octanol–water partition coefficient (Wildman–Crippen LogP) is 3.26. The van der Waals surface area contributed by atoms with Crippen molar-refractivity contribution in [2.75, 3.05) is 18.9 Å².